The number of fused-ring (bicyclic) bond motifs is 3. The summed E-state index contributed by atoms with van der Waals surface area (Å²) in [6.45, 7) is 6.07. The number of ketones is 1. The van der Waals surface area contributed by atoms with E-state index in [1.807, 2.05) is 19.1 Å². The van der Waals surface area contributed by atoms with E-state index in [2.05, 4.69) is 59.4 Å². The van der Waals surface area contributed by atoms with Crippen LogP contribution in [-0.2, 0) is 16.0 Å². The van der Waals surface area contributed by atoms with Crippen LogP contribution in [0.5, 0.6) is 0 Å². The van der Waals surface area contributed by atoms with E-state index in [0.717, 1.165) is 16.6 Å². The molecule has 0 unspecified atom stereocenters. The van der Waals surface area contributed by atoms with Crippen LogP contribution in [0.1, 0.15) is 57.6 Å². The fraction of sp³-hybridized carbons (Fsp3) is 0.364. The van der Waals surface area contributed by atoms with Gasteiger partial charge in [0.25, 0.3) is 0 Å². The minimum absolute atomic E-state index is 0.112. The monoisotopic (exact) mass is 415 g/mol. The molecule has 0 radical (unpaired) electrons. The van der Waals surface area contributed by atoms with E-state index in [-0.39, 0.29) is 18.1 Å². The number of hydrogen-bond donors (Lipinski definition) is 1. The Morgan fingerprint density at radius 1 is 0.962 bits per heavy atom. The van der Waals surface area contributed by atoms with E-state index in [4.69, 9.17) is 0 Å². The number of carbonyl (C=O) groups is 2. The van der Waals surface area contributed by atoms with Gasteiger partial charge in [0.05, 0.1) is 0 Å². The van der Waals surface area contributed by atoms with Crippen LogP contribution in [0, 0.1) is 0 Å². The van der Waals surface area contributed by atoms with Crippen LogP contribution in [0.25, 0.3) is 11.1 Å². The van der Waals surface area contributed by atoms with Gasteiger partial charge in [-0.1, -0.05) is 55.3 Å². The fourth-order valence-corrected chi connectivity index (χ4v) is 3.23. The molecule has 0 fully saturated rings. The summed E-state index contributed by atoms with van der Waals surface area (Å²) in [7, 11) is 0. The van der Waals surface area contributed by atoms with E-state index in [0.29, 0.717) is 12.8 Å². The Balaban J connectivity index is 0.000000758. The van der Waals surface area contributed by atoms with Crippen LogP contribution in [-0.4, -0.2) is 11.7 Å². The van der Waals surface area contributed by atoms with E-state index in [9.17, 15) is 9.59 Å². The zero-order chi connectivity index (χ0) is 19.1. The molecule has 1 N–H and O–H groups in total. The maximum Gasteiger partial charge on any atom is 0.224 e. The lowest BCUT2D eigenvalue weighted by atomic mass is 10.1. The molecule has 0 aliphatic heterocycles. The second-order valence-corrected chi connectivity index (χ2v) is 7.41. The Morgan fingerprint density at radius 3 is 2.23 bits per heavy atom. The molecule has 2 aromatic rings. The number of benzene rings is 2. The molecule has 26 heavy (non-hydrogen) atoms. The first-order valence-corrected chi connectivity index (χ1v) is 10.0. The van der Waals surface area contributed by atoms with Crippen molar-refractivity contribution in [3.63, 3.8) is 0 Å². The summed E-state index contributed by atoms with van der Waals surface area (Å²) in [6, 6.07) is 12.3. The summed E-state index contributed by atoms with van der Waals surface area (Å²) < 4.78 is 1.05. The predicted molar refractivity (Wildman–Crippen MR) is 112 cm³/mol. The molecule has 0 saturated heterocycles. The number of amides is 1. The van der Waals surface area contributed by atoms with E-state index < -0.39 is 0 Å². The van der Waals surface area contributed by atoms with Gasteiger partial charge in [0.15, 0.2) is 0 Å². The summed E-state index contributed by atoms with van der Waals surface area (Å²) >= 11 is 3.51. The lowest BCUT2D eigenvalue weighted by Gasteiger charge is -2.08. The SMILES string of the molecule is CCC.CCC(=O)CCC(=O)Nc1ccc2c(c1)-c1cc(Br)ccc1C2. The molecule has 0 saturated carbocycles. The molecule has 1 amide bonds. The maximum absolute atomic E-state index is 12.0. The minimum Gasteiger partial charge on any atom is -0.326 e. The van der Waals surface area contributed by atoms with Crippen molar-refractivity contribution >= 4 is 33.3 Å². The number of hydrogen-bond acceptors (Lipinski definition) is 2. The van der Waals surface area contributed by atoms with Crippen LogP contribution in [0.2, 0.25) is 0 Å². The highest BCUT2D eigenvalue weighted by molar-refractivity contribution is 9.10. The molecular weight excluding hydrogens is 390 g/mol. The normalized spacial score (nSPS) is 11.1. The molecule has 1 aliphatic carbocycles. The molecular formula is C22H26BrNO2. The highest BCUT2D eigenvalue weighted by Crippen LogP contribution is 2.39. The second kappa shape index (κ2) is 9.67. The van der Waals surface area contributed by atoms with Gasteiger partial charge in [-0.3, -0.25) is 9.59 Å². The van der Waals surface area contributed by atoms with E-state index in [1.165, 1.54) is 28.7 Å². The topological polar surface area (TPSA) is 46.2 Å². The number of carbonyl (C=O) groups excluding carboxylic acids is 2. The van der Waals surface area contributed by atoms with Gasteiger partial charge in [-0.2, -0.15) is 0 Å². The Kier molecular flexibility index (Phi) is 7.58. The average molecular weight is 416 g/mol. The average Bonchev–Trinajstić information content (AvgIpc) is 2.97. The molecule has 2 aromatic carbocycles. The van der Waals surface area contributed by atoms with Crippen molar-refractivity contribution in [2.45, 2.75) is 52.9 Å². The van der Waals surface area contributed by atoms with Gasteiger partial charge in [-0.15, -0.1) is 0 Å². The number of halogens is 1. The Labute approximate surface area is 164 Å². The first-order chi connectivity index (χ1) is 12.5. The zero-order valence-corrected chi connectivity index (χ0v) is 17.3. The first kappa shape index (κ1) is 20.4. The van der Waals surface area contributed by atoms with Gasteiger partial charge in [0, 0.05) is 29.4 Å². The fourth-order valence-electron chi connectivity index (χ4n) is 2.87. The van der Waals surface area contributed by atoms with E-state index >= 15 is 0 Å². The third-order valence-corrected chi connectivity index (χ3v) is 4.66. The summed E-state index contributed by atoms with van der Waals surface area (Å²) in [5.41, 5.74) is 5.75. The maximum atomic E-state index is 12.0. The number of Topliss-reactive ketones (excluding diaryl/α,β-unsaturated/α-hetero) is 1. The van der Waals surface area contributed by atoms with Gasteiger partial charge in [-0.25, -0.2) is 0 Å². The van der Waals surface area contributed by atoms with Gasteiger partial charge in [0.1, 0.15) is 5.78 Å². The van der Waals surface area contributed by atoms with Crippen LogP contribution in [0.15, 0.2) is 40.9 Å². The molecule has 0 aromatic heterocycles. The van der Waals surface area contributed by atoms with Crippen molar-refractivity contribution in [3.05, 3.63) is 52.0 Å². The Bertz CT molecular complexity index is 799. The molecule has 1 aliphatic rings. The summed E-state index contributed by atoms with van der Waals surface area (Å²) in [5, 5.41) is 2.89. The minimum atomic E-state index is -0.112. The Morgan fingerprint density at radius 2 is 1.58 bits per heavy atom. The quantitative estimate of drug-likeness (QED) is 0.544. The smallest absolute Gasteiger partial charge is 0.224 e. The summed E-state index contributed by atoms with van der Waals surface area (Å²) in [4.78, 5) is 23.3. The highest BCUT2D eigenvalue weighted by atomic mass is 79.9. The number of rotatable bonds is 5. The number of anilines is 1. The van der Waals surface area contributed by atoms with Gasteiger partial charge < -0.3 is 5.32 Å². The lowest BCUT2D eigenvalue weighted by molar-refractivity contribution is -0.122. The van der Waals surface area contributed by atoms with Gasteiger partial charge in [0.2, 0.25) is 5.91 Å². The predicted octanol–water partition coefficient (Wildman–Crippen LogP) is 6.13. The van der Waals surface area contributed by atoms with Crippen LogP contribution in [0.3, 0.4) is 0 Å². The van der Waals surface area contributed by atoms with Crippen molar-refractivity contribution < 1.29 is 9.59 Å². The van der Waals surface area contributed by atoms with Gasteiger partial charge >= 0.3 is 0 Å². The third-order valence-electron chi connectivity index (χ3n) is 4.16. The molecule has 0 spiro atoms. The van der Waals surface area contributed by atoms with E-state index in [1.54, 1.807) is 0 Å². The summed E-state index contributed by atoms with van der Waals surface area (Å²) in [5.74, 6) is 0.00657. The Hall–Kier alpha value is -1.94. The molecule has 0 bridgehead atoms. The standard InChI is InChI=1S/C19H18BrNO2.C3H8/c1-2-16(22)7-8-19(23)21-15-6-4-13-9-12-3-5-14(20)10-17(12)18(13)11-15;1-3-2/h3-6,10-11H,2,7-9H2,1H3,(H,21,23);3H2,1-2H3. The van der Waals surface area contributed by atoms with Crippen LogP contribution < -0.4 is 5.32 Å². The molecule has 3 rings (SSSR count). The van der Waals surface area contributed by atoms with Crippen molar-refractivity contribution in [2.75, 3.05) is 5.32 Å². The second-order valence-electron chi connectivity index (χ2n) is 6.50. The lowest BCUT2D eigenvalue weighted by Crippen LogP contribution is -2.13. The molecule has 138 valence electrons. The van der Waals surface area contributed by atoms with Crippen molar-refractivity contribution in [1.82, 2.24) is 0 Å². The van der Waals surface area contributed by atoms with Crippen LogP contribution >= 0.6 is 15.9 Å². The molecule has 4 heteroatoms. The largest absolute Gasteiger partial charge is 0.326 e. The van der Waals surface area contributed by atoms with Gasteiger partial charge in [-0.05, 0) is 52.9 Å². The zero-order valence-electron chi connectivity index (χ0n) is 15.7. The van der Waals surface area contributed by atoms with Crippen molar-refractivity contribution in [1.29, 1.82) is 0 Å². The molecule has 0 heterocycles. The third kappa shape index (κ3) is 5.28. The molecule has 0 atom stereocenters. The first-order valence-electron chi connectivity index (χ1n) is 9.21. The van der Waals surface area contributed by atoms with Crippen LogP contribution in [0.4, 0.5) is 5.69 Å². The highest BCUT2D eigenvalue weighted by Gasteiger charge is 2.19. The summed E-state index contributed by atoms with van der Waals surface area (Å²) in [6.07, 6.45) is 3.21. The number of nitrogens with one attached hydrogen (secondary N) is 1. The van der Waals surface area contributed by atoms with Crippen molar-refractivity contribution in [3.8, 4) is 11.1 Å². The molecule has 3 nitrogen and oxygen atoms in total. The van der Waals surface area contributed by atoms with Crippen molar-refractivity contribution in [2.24, 2.45) is 0 Å².